The number of carbonyl (C=O) groups excluding carboxylic acids is 1. The Kier molecular flexibility index (Phi) is 7.40. The number of amides is 1. The van der Waals surface area contributed by atoms with Crippen molar-refractivity contribution in [1.82, 2.24) is 20.0 Å². The Morgan fingerprint density at radius 1 is 1.12 bits per heavy atom. The number of ether oxygens (including phenoxy) is 2. The van der Waals surface area contributed by atoms with Gasteiger partial charge in [-0.15, -0.1) is 0 Å². The van der Waals surface area contributed by atoms with Crippen molar-refractivity contribution >= 4 is 5.91 Å². The van der Waals surface area contributed by atoms with Gasteiger partial charge in [-0.1, -0.05) is 24.3 Å². The van der Waals surface area contributed by atoms with Crippen molar-refractivity contribution in [2.24, 2.45) is 5.92 Å². The predicted molar refractivity (Wildman–Crippen MR) is 123 cm³/mol. The number of piperidine rings is 1. The molecule has 3 aromatic rings. The molecule has 32 heavy (non-hydrogen) atoms. The van der Waals surface area contributed by atoms with Gasteiger partial charge in [-0.2, -0.15) is 5.10 Å². The van der Waals surface area contributed by atoms with Crippen molar-refractivity contribution in [2.75, 3.05) is 33.4 Å². The first kappa shape index (κ1) is 21.9. The summed E-state index contributed by atoms with van der Waals surface area (Å²) in [5, 5.41) is 7.30. The van der Waals surface area contributed by atoms with Crippen molar-refractivity contribution in [1.29, 1.82) is 0 Å². The first-order valence-corrected chi connectivity index (χ1v) is 11.0. The molecule has 0 bridgehead atoms. The lowest BCUT2D eigenvalue weighted by Crippen LogP contribution is -2.41. The van der Waals surface area contributed by atoms with Gasteiger partial charge in [0, 0.05) is 32.0 Å². The second-order valence-electron chi connectivity index (χ2n) is 8.10. The summed E-state index contributed by atoms with van der Waals surface area (Å²) in [4.78, 5) is 14.7. The maximum absolute atomic E-state index is 12.3. The van der Waals surface area contributed by atoms with Crippen LogP contribution in [0.1, 0.15) is 18.4 Å². The lowest BCUT2D eigenvalue weighted by Gasteiger charge is -2.32. The Hall–Kier alpha value is -3.32. The lowest BCUT2D eigenvalue weighted by atomic mass is 9.97. The molecular weight excluding hydrogens is 404 g/mol. The van der Waals surface area contributed by atoms with E-state index >= 15 is 0 Å². The molecule has 4 rings (SSSR count). The molecule has 1 aromatic heterocycles. The molecule has 7 heteroatoms. The molecule has 1 fully saturated rings. The number of hydrogen-bond donors (Lipinski definition) is 1. The summed E-state index contributed by atoms with van der Waals surface area (Å²) in [6.45, 7) is 3.64. The number of nitrogens with zero attached hydrogens (tertiary/aromatic N) is 3. The van der Waals surface area contributed by atoms with E-state index in [-0.39, 0.29) is 12.5 Å². The van der Waals surface area contributed by atoms with E-state index in [1.165, 1.54) is 5.56 Å². The highest BCUT2D eigenvalue weighted by molar-refractivity contribution is 5.77. The minimum Gasteiger partial charge on any atom is -0.493 e. The van der Waals surface area contributed by atoms with E-state index in [1.807, 2.05) is 35.1 Å². The number of benzene rings is 2. The number of methoxy groups -OCH3 is 1. The Labute approximate surface area is 188 Å². The van der Waals surface area contributed by atoms with E-state index in [4.69, 9.17) is 9.47 Å². The molecule has 1 atom stereocenters. The van der Waals surface area contributed by atoms with E-state index in [2.05, 4.69) is 39.6 Å². The monoisotopic (exact) mass is 434 g/mol. The van der Waals surface area contributed by atoms with Crippen molar-refractivity contribution in [3.63, 3.8) is 0 Å². The standard InChI is InChI=1S/C25H30N4O3/c1-31-23-7-2-3-8-24(23)32-19-25(30)26-16-21-6-4-14-28(18-21)17-20-9-11-22(12-10-20)29-15-5-13-27-29/h2-3,5,7-13,15,21H,4,6,14,16-19H2,1H3,(H,26,30). The Bertz CT molecular complexity index is 989. The largest absolute Gasteiger partial charge is 0.493 e. The number of likely N-dealkylation sites (tertiary alicyclic amines) is 1. The zero-order valence-electron chi connectivity index (χ0n) is 18.4. The molecule has 2 aromatic carbocycles. The fourth-order valence-corrected chi connectivity index (χ4v) is 4.09. The minimum atomic E-state index is -0.109. The van der Waals surface area contributed by atoms with Crippen LogP contribution in [0.4, 0.5) is 0 Å². The highest BCUT2D eigenvalue weighted by Crippen LogP contribution is 2.25. The van der Waals surface area contributed by atoms with Gasteiger partial charge in [-0.3, -0.25) is 9.69 Å². The van der Waals surface area contributed by atoms with Crippen LogP contribution in [0.25, 0.3) is 5.69 Å². The first-order valence-electron chi connectivity index (χ1n) is 11.0. The highest BCUT2D eigenvalue weighted by Gasteiger charge is 2.20. The average Bonchev–Trinajstić information content (AvgIpc) is 3.37. The zero-order chi connectivity index (χ0) is 22.2. The van der Waals surface area contributed by atoms with Crippen LogP contribution in [0.2, 0.25) is 0 Å². The van der Waals surface area contributed by atoms with Gasteiger partial charge in [0.1, 0.15) is 0 Å². The van der Waals surface area contributed by atoms with Gasteiger partial charge < -0.3 is 14.8 Å². The van der Waals surface area contributed by atoms with Gasteiger partial charge in [0.15, 0.2) is 18.1 Å². The lowest BCUT2D eigenvalue weighted by molar-refractivity contribution is -0.123. The SMILES string of the molecule is COc1ccccc1OCC(=O)NCC1CCCN(Cc2ccc(-n3cccn3)cc2)C1. The number of nitrogens with one attached hydrogen (secondary N) is 1. The van der Waals surface area contributed by atoms with Crippen molar-refractivity contribution in [2.45, 2.75) is 19.4 Å². The van der Waals surface area contributed by atoms with Crippen molar-refractivity contribution in [3.05, 3.63) is 72.6 Å². The third kappa shape index (κ3) is 5.88. The van der Waals surface area contributed by atoms with Gasteiger partial charge in [0.25, 0.3) is 5.91 Å². The summed E-state index contributed by atoms with van der Waals surface area (Å²) in [6.07, 6.45) is 6.00. The second-order valence-corrected chi connectivity index (χ2v) is 8.10. The molecule has 1 saturated heterocycles. The van der Waals surface area contributed by atoms with E-state index in [9.17, 15) is 4.79 Å². The van der Waals surface area contributed by atoms with Crippen LogP contribution >= 0.6 is 0 Å². The van der Waals surface area contributed by atoms with Gasteiger partial charge in [0.05, 0.1) is 12.8 Å². The van der Waals surface area contributed by atoms with Crippen molar-refractivity contribution in [3.8, 4) is 17.2 Å². The maximum atomic E-state index is 12.3. The minimum absolute atomic E-state index is 0.0145. The van der Waals surface area contributed by atoms with Gasteiger partial charge >= 0.3 is 0 Å². The average molecular weight is 435 g/mol. The second kappa shape index (κ2) is 10.8. The molecule has 0 spiro atoms. The summed E-state index contributed by atoms with van der Waals surface area (Å²) in [5.74, 6) is 1.54. The Balaban J connectivity index is 1.21. The van der Waals surface area contributed by atoms with Crippen LogP contribution in [0.5, 0.6) is 11.5 Å². The summed E-state index contributed by atoms with van der Waals surface area (Å²) in [5.41, 5.74) is 2.35. The van der Waals surface area contributed by atoms with Gasteiger partial charge in [0.2, 0.25) is 0 Å². The molecular formula is C25H30N4O3. The van der Waals surface area contributed by atoms with E-state index in [0.717, 1.165) is 38.2 Å². The third-order valence-corrected chi connectivity index (χ3v) is 5.73. The van der Waals surface area contributed by atoms with Crippen LogP contribution in [0.15, 0.2) is 67.0 Å². The van der Waals surface area contributed by atoms with Crippen molar-refractivity contribution < 1.29 is 14.3 Å². The molecule has 0 aliphatic carbocycles. The fraction of sp³-hybridized carbons (Fsp3) is 0.360. The number of aromatic nitrogens is 2. The van der Waals surface area contributed by atoms with Crippen LogP contribution in [-0.4, -0.2) is 53.9 Å². The number of para-hydroxylation sites is 2. The summed E-state index contributed by atoms with van der Waals surface area (Å²) in [7, 11) is 1.59. The summed E-state index contributed by atoms with van der Waals surface area (Å²) in [6, 6.07) is 17.8. The maximum Gasteiger partial charge on any atom is 0.257 e. The first-order chi connectivity index (χ1) is 15.7. The fourth-order valence-electron chi connectivity index (χ4n) is 4.09. The molecule has 1 amide bonds. The predicted octanol–water partition coefficient (Wildman–Crippen LogP) is 3.29. The Morgan fingerprint density at radius 2 is 1.94 bits per heavy atom. The quantitative estimate of drug-likeness (QED) is 0.560. The molecule has 1 unspecified atom stereocenters. The summed E-state index contributed by atoms with van der Waals surface area (Å²) >= 11 is 0. The number of hydrogen-bond acceptors (Lipinski definition) is 5. The number of rotatable bonds is 9. The Morgan fingerprint density at radius 3 is 2.69 bits per heavy atom. The molecule has 0 saturated carbocycles. The summed E-state index contributed by atoms with van der Waals surface area (Å²) < 4.78 is 12.7. The topological polar surface area (TPSA) is 68.6 Å². The van der Waals surface area contributed by atoms with Gasteiger partial charge in [-0.05, 0) is 61.2 Å². The zero-order valence-corrected chi connectivity index (χ0v) is 18.4. The van der Waals surface area contributed by atoms with Crippen LogP contribution in [-0.2, 0) is 11.3 Å². The van der Waals surface area contributed by atoms with E-state index in [0.29, 0.717) is 24.0 Å². The van der Waals surface area contributed by atoms with Crippen LogP contribution in [0, 0.1) is 5.92 Å². The normalized spacial score (nSPS) is 16.5. The molecule has 1 aliphatic heterocycles. The molecule has 168 valence electrons. The smallest absolute Gasteiger partial charge is 0.257 e. The van der Waals surface area contributed by atoms with Gasteiger partial charge in [-0.25, -0.2) is 4.68 Å². The molecule has 7 nitrogen and oxygen atoms in total. The molecule has 2 heterocycles. The highest BCUT2D eigenvalue weighted by atomic mass is 16.5. The van der Waals surface area contributed by atoms with E-state index in [1.54, 1.807) is 19.4 Å². The third-order valence-electron chi connectivity index (χ3n) is 5.73. The van der Waals surface area contributed by atoms with E-state index < -0.39 is 0 Å². The molecule has 1 aliphatic rings. The number of carbonyl (C=O) groups is 1. The van der Waals surface area contributed by atoms with Crippen LogP contribution < -0.4 is 14.8 Å². The molecule has 1 N–H and O–H groups in total. The van der Waals surface area contributed by atoms with Crippen LogP contribution in [0.3, 0.4) is 0 Å². The molecule has 0 radical (unpaired) electrons.